The molecule has 0 saturated carbocycles. The summed E-state index contributed by atoms with van der Waals surface area (Å²) in [5.41, 5.74) is 10.6. The second-order valence-electron chi connectivity index (χ2n) is 7.53. The van der Waals surface area contributed by atoms with Gasteiger partial charge in [0, 0.05) is 6.42 Å². The number of hydrogen-bond donors (Lipinski definition) is 7. The fourth-order valence-electron chi connectivity index (χ4n) is 2.47. The Morgan fingerprint density at radius 2 is 1.35 bits per heavy atom. The number of carbonyl (C=O) groups excluding carboxylic acids is 4. The van der Waals surface area contributed by atoms with E-state index in [-0.39, 0.29) is 25.2 Å². The zero-order valence-electron chi connectivity index (χ0n) is 17.7. The number of primary amides is 1. The van der Waals surface area contributed by atoms with Crippen LogP contribution in [-0.4, -0.2) is 69.9 Å². The van der Waals surface area contributed by atoms with E-state index in [4.69, 9.17) is 21.7 Å². The number of nitrogens with two attached hydrogens (primary N) is 2. The maximum Gasteiger partial charge on any atom is 0.325 e. The summed E-state index contributed by atoms with van der Waals surface area (Å²) in [4.78, 5) is 70.1. The summed E-state index contributed by atoms with van der Waals surface area (Å²) in [6.07, 6.45) is -0.948. The van der Waals surface area contributed by atoms with Crippen LogP contribution in [0.1, 0.15) is 46.5 Å². The van der Waals surface area contributed by atoms with Crippen LogP contribution in [0.15, 0.2) is 0 Å². The predicted octanol–water partition coefficient (Wildman–Crippen LogP) is -2.34. The van der Waals surface area contributed by atoms with Gasteiger partial charge >= 0.3 is 11.9 Å². The van der Waals surface area contributed by atoms with Gasteiger partial charge in [-0.2, -0.15) is 0 Å². The summed E-state index contributed by atoms with van der Waals surface area (Å²) in [6, 6.07) is -5.07. The van der Waals surface area contributed by atoms with E-state index in [1.165, 1.54) is 6.92 Å². The van der Waals surface area contributed by atoms with E-state index in [9.17, 15) is 28.8 Å². The molecule has 0 aliphatic carbocycles. The average Bonchev–Trinajstić information content (AvgIpc) is 2.62. The number of amides is 4. The minimum atomic E-state index is -1.38. The maximum atomic E-state index is 12.7. The fraction of sp³-hybridized carbons (Fsp3) is 0.667. The van der Waals surface area contributed by atoms with Crippen LogP contribution >= 0.6 is 0 Å². The van der Waals surface area contributed by atoms with Crippen LogP contribution in [0.3, 0.4) is 0 Å². The molecule has 0 heterocycles. The first-order chi connectivity index (χ1) is 14.2. The first-order valence-electron chi connectivity index (χ1n) is 9.64. The van der Waals surface area contributed by atoms with Crippen LogP contribution in [-0.2, 0) is 28.8 Å². The summed E-state index contributed by atoms with van der Waals surface area (Å²) in [6.45, 7) is 4.77. The third-order valence-corrected chi connectivity index (χ3v) is 4.11. The highest BCUT2D eigenvalue weighted by Gasteiger charge is 2.30. The van der Waals surface area contributed by atoms with E-state index in [1.807, 2.05) is 0 Å². The Balaban J connectivity index is 5.42. The highest BCUT2D eigenvalue weighted by Crippen LogP contribution is 2.08. The summed E-state index contributed by atoms with van der Waals surface area (Å²) >= 11 is 0. The molecule has 0 radical (unpaired) electrons. The second kappa shape index (κ2) is 13.2. The molecule has 13 nitrogen and oxygen atoms in total. The second-order valence-corrected chi connectivity index (χ2v) is 7.53. The van der Waals surface area contributed by atoms with E-state index >= 15 is 0 Å². The van der Waals surface area contributed by atoms with Gasteiger partial charge in [0.25, 0.3) is 0 Å². The molecule has 0 aliphatic rings. The predicted molar refractivity (Wildman–Crippen MR) is 107 cm³/mol. The number of rotatable bonds is 14. The largest absolute Gasteiger partial charge is 0.481 e. The number of aliphatic carboxylic acids is 2. The van der Waals surface area contributed by atoms with Gasteiger partial charge in [-0.05, 0) is 25.7 Å². The Morgan fingerprint density at radius 3 is 1.81 bits per heavy atom. The molecule has 9 N–H and O–H groups in total. The highest BCUT2D eigenvalue weighted by molar-refractivity contribution is 5.94. The van der Waals surface area contributed by atoms with Crippen molar-refractivity contribution in [1.29, 1.82) is 0 Å². The van der Waals surface area contributed by atoms with Crippen molar-refractivity contribution in [3.63, 3.8) is 0 Å². The van der Waals surface area contributed by atoms with Crippen LogP contribution in [0.4, 0.5) is 0 Å². The molecule has 13 heteroatoms. The van der Waals surface area contributed by atoms with E-state index in [0.29, 0.717) is 0 Å². The van der Waals surface area contributed by atoms with Crippen molar-refractivity contribution in [2.75, 3.05) is 0 Å². The lowest BCUT2D eigenvalue weighted by atomic mass is 10.0. The Labute approximate surface area is 179 Å². The molecule has 4 amide bonds. The average molecular weight is 445 g/mol. The number of carboxylic acids is 2. The van der Waals surface area contributed by atoms with Gasteiger partial charge in [-0.15, -0.1) is 0 Å². The van der Waals surface area contributed by atoms with Gasteiger partial charge in [-0.1, -0.05) is 13.8 Å². The number of carbonyl (C=O) groups is 6. The molecular weight excluding hydrogens is 414 g/mol. The third-order valence-electron chi connectivity index (χ3n) is 4.11. The lowest BCUT2D eigenvalue weighted by Crippen LogP contribution is -2.57. The van der Waals surface area contributed by atoms with Crippen LogP contribution in [0.25, 0.3) is 0 Å². The number of nitrogens with one attached hydrogen (secondary N) is 3. The zero-order valence-corrected chi connectivity index (χ0v) is 17.7. The van der Waals surface area contributed by atoms with Crippen molar-refractivity contribution in [1.82, 2.24) is 16.0 Å². The van der Waals surface area contributed by atoms with Crippen molar-refractivity contribution < 1.29 is 39.0 Å². The highest BCUT2D eigenvalue weighted by atomic mass is 16.4. The molecule has 0 aromatic carbocycles. The minimum Gasteiger partial charge on any atom is -0.481 e. The van der Waals surface area contributed by atoms with Gasteiger partial charge in [-0.25, -0.2) is 0 Å². The minimum absolute atomic E-state index is 0.0725. The molecular formula is C18H31N5O8. The standard InChI is InChI=1S/C18H31N5O8/c1-8(2)6-12(23-15(27)10(19)7-14(25)26)17(29)22-11(4-5-13(20)24)16(28)21-9(3)18(30)31/h8-12H,4-7,19H2,1-3H3,(H2,20,24)(H,21,28)(H,22,29)(H,23,27)(H,25,26)(H,30,31). The van der Waals surface area contributed by atoms with Gasteiger partial charge in [0.15, 0.2) is 0 Å². The lowest BCUT2D eigenvalue weighted by molar-refractivity contribution is -0.142. The maximum absolute atomic E-state index is 12.7. The first kappa shape index (κ1) is 27.8. The monoisotopic (exact) mass is 445 g/mol. The molecule has 4 atom stereocenters. The Hall–Kier alpha value is -3.22. The van der Waals surface area contributed by atoms with Gasteiger partial charge in [-0.3, -0.25) is 28.8 Å². The van der Waals surface area contributed by atoms with Gasteiger partial charge in [0.05, 0.1) is 12.5 Å². The fourth-order valence-corrected chi connectivity index (χ4v) is 2.47. The van der Waals surface area contributed by atoms with Crippen LogP contribution in [0, 0.1) is 5.92 Å². The molecule has 0 saturated heterocycles. The van der Waals surface area contributed by atoms with Crippen molar-refractivity contribution >= 4 is 35.6 Å². The molecule has 0 spiro atoms. The molecule has 4 unspecified atom stereocenters. The van der Waals surface area contributed by atoms with Crippen molar-refractivity contribution in [3.05, 3.63) is 0 Å². The molecule has 31 heavy (non-hydrogen) atoms. The molecule has 0 bridgehead atoms. The SMILES string of the molecule is CC(C)CC(NC(=O)C(N)CC(=O)O)C(=O)NC(CCC(N)=O)C(=O)NC(C)C(=O)O. The summed E-state index contributed by atoms with van der Waals surface area (Å²) in [5, 5.41) is 24.6. The van der Waals surface area contributed by atoms with E-state index in [0.717, 1.165) is 0 Å². The molecule has 0 aromatic rings. The number of hydrogen-bond acceptors (Lipinski definition) is 7. The van der Waals surface area contributed by atoms with E-state index < -0.39 is 66.2 Å². The number of carboxylic acid groups (broad SMARTS) is 2. The van der Waals surface area contributed by atoms with Crippen LogP contribution in [0.2, 0.25) is 0 Å². The van der Waals surface area contributed by atoms with Crippen molar-refractivity contribution in [2.45, 2.75) is 70.6 Å². The van der Waals surface area contributed by atoms with Crippen molar-refractivity contribution in [2.24, 2.45) is 17.4 Å². The van der Waals surface area contributed by atoms with Gasteiger partial charge in [0.2, 0.25) is 23.6 Å². The van der Waals surface area contributed by atoms with E-state index in [2.05, 4.69) is 16.0 Å². The Bertz CT molecular complexity index is 696. The summed E-state index contributed by atoms with van der Waals surface area (Å²) in [5.74, 6) is -5.88. The molecule has 0 aromatic heterocycles. The molecule has 176 valence electrons. The van der Waals surface area contributed by atoms with Crippen LogP contribution in [0.5, 0.6) is 0 Å². The third kappa shape index (κ3) is 11.5. The van der Waals surface area contributed by atoms with E-state index in [1.54, 1.807) is 13.8 Å². The summed E-state index contributed by atoms with van der Waals surface area (Å²) < 4.78 is 0. The van der Waals surface area contributed by atoms with Crippen LogP contribution < -0.4 is 27.4 Å². The van der Waals surface area contributed by atoms with Crippen molar-refractivity contribution in [3.8, 4) is 0 Å². The zero-order chi connectivity index (χ0) is 24.3. The van der Waals surface area contributed by atoms with Gasteiger partial charge < -0.3 is 37.6 Å². The molecule has 0 aliphatic heterocycles. The Kier molecular flexibility index (Phi) is 11.8. The van der Waals surface area contributed by atoms with Gasteiger partial charge in [0.1, 0.15) is 18.1 Å². The topological polar surface area (TPSA) is 231 Å². The molecule has 0 fully saturated rings. The normalized spacial score (nSPS) is 14.6. The summed E-state index contributed by atoms with van der Waals surface area (Å²) in [7, 11) is 0. The smallest absolute Gasteiger partial charge is 0.325 e. The lowest BCUT2D eigenvalue weighted by Gasteiger charge is -2.25. The molecule has 0 rings (SSSR count). The quantitative estimate of drug-likeness (QED) is 0.151. The first-order valence-corrected chi connectivity index (χ1v) is 9.64. The Morgan fingerprint density at radius 1 is 0.839 bits per heavy atom.